The summed E-state index contributed by atoms with van der Waals surface area (Å²) in [4.78, 5) is 0. The van der Waals surface area contributed by atoms with Crippen molar-refractivity contribution >= 4 is 25.3 Å². The van der Waals surface area contributed by atoms with Gasteiger partial charge in [-0.3, -0.25) is 0 Å². The van der Waals surface area contributed by atoms with E-state index in [0.29, 0.717) is 12.2 Å². The number of nitrogens with zero attached hydrogens (tertiary/aromatic N) is 1. The monoisotopic (exact) mass is 133 g/mol. The van der Waals surface area contributed by atoms with Crippen LogP contribution >= 0.6 is 25.3 Å². The summed E-state index contributed by atoms with van der Waals surface area (Å²) < 4.78 is 0. The molecule has 0 heterocycles. The van der Waals surface area contributed by atoms with Crippen molar-refractivity contribution < 1.29 is 0 Å². The lowest BCUT2D eigenvalue weighted by Gasteiger charge is -1.95. The van der Waals surface area contributed by atoms with Crippen LogP contribution in [-0.4, -0.2) is 11.0 Å². The van der Waals surface area contributed by atoms with E-state index >= 15 is 0 Å². The summed E-state index contributed by atoms with van der Waals surface area (Å²) in [5, 5.41) is 8.18. The predicted octanol–water partition coefficient (Wildman–Crippen LogP) is 1.13. The van der Waals surface area contributed by atoms with E-state index in [1.165, 1.54) is 0 Å². The Morgan fingerprint density at radius 1 is 1.71 bits per heavy atom. The Hall–Kier alpha value is 0.190. The van der Waals surface area contributed by atoms with Gasteiger partial charge in [-0.05, 0) is 0 Å². The molecule has 0 saturated heterocycles. The fourth-order valence-corrected chi connectivity index (χ4v) is 0.381. The van der Waals surface area contributed by atoms with Crippen molar-refractivity contribution in [2.45, 2.75) is 11.7 Å². The summed E-state index contributed by atoms with van der Waals surface area (Å²) >= 11 is 7.93. The Bertz CT molecular complexity index is 76.2. The van der Waals surface area contributed by atoms with E-state index in [9.17, 15) is 0 Å². The van der Waals surface area contributed by atoms with Gasteiger partial charge in [0, 0.05) is 17.4 Å². The van der Waals surface area contributed by atoms with Crippen molar-refractivity contribution in [1.29, 1.82) is 5.26 Å². The lowest BCUT2D eigenvalue weighted by molar-refractivity contribution is 1.02. The maximum absolute atomic E-state index is 8.03. The highest BCUT2D eigenvalue weighted by molar-refractivity contribution is 7.84. The molecule has 1 nitrogen and oxygen atoms in total. The van der Waals surface area contributed by atoms with Gasteiger partial charge in [0.15, 0.2) is 0 Å². The average Bonchev–Trinajstić information content (AvgIpc) is 1.68. The summed E-state index contributed by atoms with van der Waals surface area (Å²) in [7, 11) is 0. The van der Waals surface area contributed by atoms with Crippen LogP contribution in [0.15, 0.2) is 0 Å². The smallest absolute Gasteiger partial charge is 0.0633 e. The van der Waals surface area contributed by atoms with Gasteiger partial charge < -0.3 is 0 Å². The molecule has 0 N–H and O–H groups in total. The van der Waals surface area contributed by atoms with Crippen LogP contribution in [0.25, 0.3) is 0 Å². The fourth-order valence-electron chi connectivity index (χ4n) is 0.170. The molecule has 1 atom stereocenters. The second kappa shape index (κ2) is 4.35. The molecule has 1 unspecified atom stereocenters. The van der Waals surface area contributed by atoms with Crippen molar-refractivity contribution in [3.63, 3.8) is 0 Å². The minimum Gasteiger partial charge on any atom is -0.198 e. The van der Waals surface area contributed by atoms with Gasteiger partial charge in [-0.15, -0.1) is 0 Å². The van der Waals surface area contributed by atoms with Gasteiger partial charge in [0.25, 0.3) is 0 Å². The summed E-state index contributed by atoms with van der Waals surface area (Å²) in [6.45, 7) is 0. The third-order valence-electron chi connectivity index (χ3n) is 0.538. The molecule has 0 spiro atoms. The van der Waals surface area contributed by atoms with Crippen LogP contribution in [0.4, 0.5) is 0 Å². The molecule has 0 aromatic carbocycles. The lowest BCUT2D eigenvalue weighted by atomic mass is 10.4. The topological polar surface area (TPSA) is 23.8 Å². The molecule has 7 heavy (non-hydrogen) atoms. The van der Waals surface area contributed by atoms with E-state index in [0.717, 1.165) is 0 Å². The number of nitriles is 1. The van der Waals surface area contributed by atoms with Crippen LogP contribution in [0.5, 0.6) is 0 Å². The molecule has 0 aliphatic carbocycles. The van der Waals surface area contributed by atoms with Crippen LogP contribution in [0, 0.1) is 11.3 Å². The molecule has 0 aliphatic heterocycles. The Kier molecular flexibility index (Phi) is 4.47. The molecular formula is C4H7NS2. The van der Waals surface area contributed by atoms with Crippen molar-refractivity contribution in [2.75, 3.05) is 5.75 Å². The van der Waals surface area contributed by atoms with E-state index in [1.54, 1.807) is 0 Å². The van der Waals surface area contributed by atoms with Crippen LogP contribution in [-0.2, 0) is 0 Å². The van der Waals surface area contributed by atoms with Crippen LogP contribution in [0.1, 0.15) is 6.42 Å². The van der Waals surface area contributed by atoms with Crippen molar-refractivity contribution in [1.82, 2.24) is 0 Å². The fraction of sp³-hybridized carbons (Fsp3) is 0.750. The van der Waals surface area contributed by atoms with Crippen molar-refractivity contribution in [2.24, 2.45) is 0 Å². The second-order valence-corrected chi connectivity index (χ2v) is 2.29. The van der Waals surface area contributed by atoms with Gasteiger partial charge >= 0.3 is 0 Å². The number of thiol groups is 2. The molecule has 0 amide bonds. The molecule has 0 saturated carbocycles. The highest BCUT2D eigenvalue weighted by Crippen LogP contribution is 2.00. The largest absolute Gasteiger partial charge is 0.198 e. The highest BCUT2D eigenvalue weighted by Gasteiger charge is 1.94. The molecule has 0 aromatic heterocycles. The normalized spacial score (nSPS) is 12.7. The van der Waals surface area contributed by atoms with Crippen molar-refractivity contribution in [3.05, 3.63) is 0 Å². The van der Waals surface area contributed by atoms with Crippen LogP contribution in [0.3, 0.4) is 0 Å². The third kappa shape index (κ3) is 4.03. The Morgan fingerprint density at radius 2 is 2.29 bits per heavy atom. The molecule has 0 aromatic rings. The number of hydrogen-bond donors (Lipinski definition) is 2. The minimum atomic E-state index is 0.147. The molecule has 0 bridgehead atoms. The van der Waals surface area contributed by atoms with E-state index in [1.807, 2.05) is 6.07 Å². The van der Waals surface area contributed by atoms with Crippen LogP contribution in [0.2, 0.25) is 0 Å². The molecule has 0 aliphatic rings. The lowest BCUT2D eigenvalue weighted by Crippen LogP contribution is -1.96. The maximum Gasteiger partial charge on any atom is 0.0633 e. The van der Waals surface area contributed by atoms with Gasteiger partial charge in [-0.2, -0.15) is 30.5 Å². The maximum atomic E-state index is 8.03. The van der Waals surface area contributed by atoms with Crippen LogP contribution < -0.4 is 0 Å². The second-order valence-electron chi connectivity index (χ2n) is 1.20. The van der Waals surface area contributed by atoms with Gasteiger partial charge in [0.2, 0.25) is 0 Å². The van der Waals surface area contributed by atoms with E-state index in [2.05, 4.69) is 25.3 Å². The third-order valence-corrected chi connectivity index (χ3v) is 1.63. The predicted molar refractivity (Wildman–Crippen MR) is 36.9 cm³/mol. The molecule has 0 radical (unpaired) electrons. The molecule has 0 fully saturated rings. The van der Waals surface area contributed by atoms with Gasteiger partial charge in [0.05, 0.1) is 6.07 Å². The first kappa shape index (κ1) is 7.19. The zero-order valence-corrected chi connectivity index (χ0v) is 5.62. The zero-order valence-electron chi connectivity index (χ0n) is 3.83. The molecular weight excluding hydrogens is 126 g/mol. The van der Waals surface area contributed by atoms with Gasteiger partial charge in [-0.25, -0.2) is 0 Å². The van der Waals surface area contributed by atoms with E-state index in [-0.39, 0.29) is 5.25 Å². The molecule has 0 rings (SSSR count). The van der Waals surface area contributed by atoms with E-state index < -0.39 is 0 Å². The first-order valence-corrected chi connectivity index (χ1v) is 3.12. The molecule has 40 valence electrons. The SMILES string of the molecule is N#CCC(S)CS. The van der Waals surface area contributed by atoms with E-state index in [4.69, 9.17) is 5.26 Å². The Labute approximate surface area is 54.5 Å². The Balaban J connectivity index is 3.03. The zero-order chi connectivity index (χ0) is 5.70. The summed E-state index contributed by atoms with van der Waals surface area (Å²) in [6, 6.07) is 1.99. The highest BCUT2D eigenvalue weighted by atomic mass is 32.1. The summed E-state index contributed by atoms with van der Waals surface area (Å²) in [5.74, 6) is 0.677. The minimum absolute atomic E-state index is 0.147. The molecule has 3 heteroatoms. The quantitative estimate of drug-likeness (QED) is 0.542. The standard InChI is InChI=1S/C4H7NS2/c5-2-1-4(7)3-6/h4,6-7H,1,3H2. The first-order valence-electron chi connectivity index (χ1n) is 1.97. The first-order chi connectivity index (χ1) is 3.31. The number of rotatable bonds is 2. The van der Waals surface area contributed by atoms with Gasteiger partial charge in [0.1, 0.15) is 0 Å². The summed E-state index contributed by atoms with van der Waals surface area (Å²) in [5.41, 5.74) is 0. The Morgan fingerprint density at radius 3 is 2.43 bits per heavy atom. The number of hydrogen-bond acceptors (Lipinski definition) is 3. The van der Waals surface area contributed by atoms with Gasteiger partial charge in [-0.1, -0.05) is 0 Å². The average molecular weight is 133 g/mol. The summed E-state index contributed by atoms with van der Waals surface area (Å²) in [6.07, 6.45) is 0.493. The van der Waals surface area contributed by atoms with Crippen molar-refractivity contribution in [3.8, 4) is 6.07 Å².